The van der Waals surface area contributed by atoms with E-state index in [0.29, 0.717) is 54.6 Å². The van der Waals surface area contributed by atoms with Gasteiger partial charge >= 0.3 is 0 Å². The lowest BCUT2D eigenvalue weighted by Gasteiger charge is -2.26. The summed E-state index contributed by atoms with van der Waals surface area (Å²) in [6.07, 6.45) is 5.82. The fourth-order valence-corrected chi connectivity index (χ4v) is 5.81. The molecule has 48 heavy (non-hydrogen) atoms. The number of amides is 1. The van der Waals surface area contributed by atoms with Gasteiger partial charge in [-0.25, -0.2) is 4.98 Å². The molecule has 0 bridgehead atoms. The van der Waals surface area contributed by atoms with Crippen LogP contribution in [0.4, 0.5) is 0 Å². The lowest BCUT2D eigenvalue weighted by molar-refractivity contribution is -0.139. The zero-order valence-electron chi connectivity index (χ0n) is 26.9. The van der Waals surface area contributed by atoms with Crippen LogP contribution >= 0.6 is 0 Å². The number of ether oxygens (including phenoxy) is 3. The van der Waals surface area contributed by atoms with Crippen molar-refractivity contribution in [2.24, 2.45) is 0 Å². The Labute approximate surface area is 279 Å². The molecular formula is C39H37N3O6. The van der Waals surface area contributed by atoms with Crippen LogP contribution in [0.1, 0.15) is 40.3 Å². The van der Waals surface area contributed by atoms with Crippen molar-refractivity contribution < 1.29 is 28.9 Å². The minimum atomic E-state index is -0.846. The van der Waals surface area contributed by atoms with E-state index in [-0.39, 0.29) is 17.9 Å². The predicted octanol–water partition coefficient (Wildman–Crippen LogP) is 6.87. The Bertz CT molecular complexity index is 1900. The van der Waals surface area contributed by atoms with Crippen LogP contribution in [-0.4, -0.2) is 44.9 Å². The van der Waals surface area contributed by atoms with Gasteiger partial charge in [-0.2, -0.15) is 0 Å². The summed E-state index contributed by atoms with van der Waals surface area (Å²) in [6.45, 7) is 3.66. The van der Waals surface area contributed by atoms with Gasteiger partial charge in [-0.1, -0.05) is 60.7 Å². The van der Waals surface area contributed by atoms with Crippen molar-refractivity contribution >= 4 is 17.4 Å². The smallest absolute Gasteiger partial charge is 0.295 e. The van der Waals surface area contributed by atoms with Gasteiger partial charge in [-0.3, -0.25) is 9.59 Å². The van der Waals surface area contributed by atoms with E-state index in [1.807, 2.05) is 72.3 Å². The Hall–Kier alpha value is -5.83. The van der Waals surface area contributed by atoms with Gasteiger partial charge in [0, 0.05) is 31.0 Å². The molecule has 1 N–H and O–H groups in total. The van der Waals surface area contributed by atoms with E-state index in [2.05, 4.69) is 4.98 Å². The fourth-order valence-electron chi connectivity index (χ4n) is 5.81. The van der Waals surface area contributed by atoms with Gasteiger partial charge in [-0.15, -0.1) is 0 Å². The maximum Gasteiger partial charge on any atom is 0.295 e. The quantitative estimate of drug-likeness (QED) is 0.0849. The normalized spacial score (nSPS) is 15.5. The molecule has 9 heteroatoms. The first kappa shape index (κ1) is 32.1. The second kappa shape index (κ2) is 14.7. The second-order valence-electron chi connectivity index (χ2n) is 11.6. The van der Waals surface area contributed by atoms with Crippen molar-refractivity contribution in [3.8, 4) is 17.2 Å². The van der Waals surface area contributed by atoms with E-state index in [1.165, 1.54) is 4.90 Å². The molecule has 2 heterocycles. The van der Waals surface area contributed by atoms with E-state index in [9.17, 15) is 14.7 Å². The number of likely N-dealkylation sites (tertiary alicyclic amines) is 1. The molecule has 1 aliphatic heterocycles. The van der Waals surface area contributed by atoms with E-state index in [4.69, 9.17) is 14.2 Å². The van der Waals surface area contributed by atoms with Crippen molar-refractivity contribution in [1.82, 2.24) is 14.5 Å². The highest BCUT2D eigenvalue weighted by molar-refractivity contribution is 6.46. The van der Waals surface area contributed by atoms with Crippen LogP contribution in [0, 0.1) is 6.92 Å². The molecule has 1 fully saturated rings. The molecule has 1 amide bonds. The zero-order valence-corrected chi connectivity index (χ0v) is 26.9. The van der Waals surface area contributed by atoms with E-state index >= 15 is 0 Å². The average molecular weight is 644 g/mol. The van der Waals surface area contributed by atoms with Crippen LogP contribution in [0.25, 0.3) is 5.76 Å². The predicted molar refractivity (Wildman–Crippen MR) is 182 cm³/mol. The third-order valence-electron chi connectivity index (χ3n) is 8.44. The standard InChI is InChI=1S/C39H37N3O6/c1-27-9-6-7-12-31(27)25-47-32-16-13-29(14-17-32)37(43)35-36(42(39(45)38(35)44)21-8-20-41-22-19-40-26-41)30-15-18-33(34(23-30)46-2)48-24-28-10-4-3-5-11-28/h3-7,9-19,22-23,26,36,43H,8,20-21,24-25H2,1-2H3. The Balaban J connectivity index is 1.30. The largest absolute Gasteiger partial charge is 0.507 e. The van der Waals surface area contributed by atoms with Gasteiger partial charge in [0.2, 0.25) is 0 Å². The number of Topliss-reactive ketones (excluding diaryl/α,β-unsaturated/α-hetero) is 1. The van der Waals surface area contributed by atoms with Crippen LogP contribution in [0.5, 0.6) is 17.2 Å². The maximum absolute atomic E-state index is 13.6. The second-order valence-corrected chi connectivity index (χ2v) is 11.6. The number of rotatable bonds is 13. The molecule has 0 aliphatic carbocycles. The first-order valence-electron chi connectivity index (χ1n) is 15.8. The molecule has 1 atom stereocenters. The molecule has 5 aromatic rings. The van der Waals surface area contributed by atoms with Crippen molar-refractivity contribution in [2.45, 2.75) is 39.1 Å². The SMILES string of the molecule is COc1cc(C2C(=C(O)c3ccc(OCc4ccccc4C)cc3)C(=O)C(=O)N2CCCn2ccnc2)ccc1OCc1ccccc1. The number of carbonyl (C=O) groups excluding carboxylic acids is 2. The number of aryl methyl sites for hydroxylation is 2. The molecule has 1 unspecified atom stereocenters. The summed E-state index contributed by atoms with van der Waals surface area (Å²) < 4.78 is 19.6. The summed E-state index contributed by atoms with van der Waals surface area (Å²) in [7, 11) is 1.54. The summed E-state index contributed by atoms with van der Waals surface area (Å²) >= 11 is 0. The average Bonchev–Trinajstić information content (AvgIpc) is 3.73. The van der Waals surface area contributed by atoms with E-state index in [1.54, 1.807) is 62.1 Å². The highest BCUT2D eigenvalue weighted by Crippen LogP contribution is 2.42. The van der Waals surface area contributed by atoms with Crippen LogP contribution in [0.2, 0.25) is 0 Å². The molecule has 1 aliphatic rings. The van der Waals surface area contributed by atoms with Crippen molar-refractivity contribution in [3.05, 3.63) is 149 Å². The maximum atomic E-state index is 13.6. The molecule has 9 nitrogen and oxygen atoms in total. The summed E-state index contributed by atoms with van der Waals surface area (Å²) in [4.78, 5) is 32.8. The number of ketones is 1. The van der Waals surface area contributed by atoms with Gasteiger partial charge in [-0.05, 0) is 72.0 Å². The molecule has 0 radical (unpaired) electrons. The molecule has 4 aromatic carbocycles. The van der Waals surface area contributed by atoms with Gasteiger partial charge in [0.05, 0.1) is 25.1 Å². The van der Waals surface area contributed by atoms with Gasteiger partial charge < -0.3 is 28.8 Å². The number of hydrogen-bond acceptors (Lipinski definition) is 7. The number of imidazole rings is 1. The van der Waals surface area contributed by atoms with Gasteiger partial charge in [0.15, 0.2) is 11.5 Å². The topological polar surface area (TPSA) is 103 Å². The number of benzene rings is 4. The first-order valence-corrected chi connectivity index (χ1v) is 15.8. The monoisotopic (exact) mass is 643 g/mol. The minimum absolute atomic E-state index is 0.0104. The first-order chi connectivity index (χ1) is 23.4. The van der Waals surface area contributed by atoms with Crippen molar-refractivity contribution in [3.63, 3.8) is 0 Å². The highest BCUT2D eigenvalue weighted by atomic mass is 16.5. The number of carbonyl (C=O) groups is 2. The molecule has 1 saturated heterocycles. The summed E-state index contributed by atoms with van der Waals surface area (Å²) in [6, 6.07) is 29.1. The van der Waals surface area contributed by atoms with Crippen LogP contribution in [0.15, 0.2) is 121 Å². The lowest BCUT2D eigenvalue weighted by atomic mass is 9.95. The Morgan fingerprint density at radius 1 is 0.854 bits per heavy atom. The molecule has 0 saturated carbocycles. The highest BCUT2D eigenvalue weighted by Gasteiger charge is 2.46. The summed E-state index contributed by atoms with van der Waals surface area (Å²) in [5, 5.41) is 11.6. The van der Waals surface area contributed by atoms with Crippen molar-refractivity contribution in [1.29, 1.82) is 0 Å². The van der Waals surface area contributed by atoms with Gasteiger partial charge in [0.1, 0.15) is 24.7 Å². The van der Waals surface area contributed by atoms with Gasteiger partial charge in [0.25, 0.3) is 11.7 Å². The molecule has 1 aromatic heterocycles. The van der Waals surface area contributed by atoms with Crippen LogP contribution in [-0.2, 0) is 29.3 Å². The van der Waals surface area contributed by atoms with Crippen molar-refractivity contribution in [2.75, 3.05) is 13.7 Å². The number of nitrogens with zero attached hydrogens (tertiary/aromatic N) is 3. The van der Waals surface area contributed by atoms with E-state index in [0.717, 1.165) is 16.7 Å². The molecule has 0 spiro atoms. The number of hydrogen-bond donors (Lipinski definition) is 1. The number of aromatic nitrogens is 2. The fraction of sp³-hybridized carbons (Fsp3) is 0.205. The zero-order chi connectivity index (χ0) is 33.5. The molecule has 244 valence electrons. The lowest BCUT2D eigenvalue weighted by Crippen LogP contribution is -2.31. The Kier molecular flexibility index (Phi) is 9.85. The minimum Gasteiger partial charge on any atom is -0.507 e. The number of methoxy groups -OCH3 is 1. The number of aliphatic hydroxyl groups excluding tert-OH is 1. The Morgan fingerprint density at radius 2 is 1.62 bits per heavy atom. The summed E-state index contributed by atoms with van der Waals surface area (Å²) in [5.41, 5.74) is 4.23. The molecular weight excluding hydrogens is 606 g/mol. The Morgan fingerprint density at radius 3 is 2.35 bits per heavy atom. The third-order valence-corrected chi connectivity index (χ3v) is 8.44. The third kappa shape index (κ3) is 7.10. The molecule has 6 rings (SSSR count). The van der Waals surface area contributed by atoms with Crippen LogP contribution in [0.3, 0.4) is 0 Å². The summed E-state index contributed by atoms with van der Waals surface area (Å²) in [5.74, 6) is -0.102. The van der Waals surface area contributed by atoms with E-state index < -0.39 is 17.7 Å². The number of aliphatic hydroxyl groups is 1. The van der Waals surface area contributed by atoms with Crippen LogP contribution < -0.4 is 14.2 Å².